The number of hydrogen-bond donors (Lipinski definition) is 0. The van der Waals surface area contributed by atoms with Gasteiger partial charge in [-0.1, -0.05) is 30.3 Å². The van der Waals surface area contributed by atoms with Gasteiger partial charge in [-0.2, -0.15) is 0 Å². The molecule has 1 amide bonds. The minimum atomic E-state index is 0.205. The fourth-order valence-corrected chi connectivity index (χ4v) is 4.14. The SMILES string of the molecule is CCOc1ccc(CC(=O)N2CCN(C3CCOc4ccccc43)CC2)cc1. The normalized spacial score (nSPS) is 19.6. The molecule has 0 aromatic heterocycles. The van der Waals surface area contributed by atoms with E-state index in [0.29, 0.717) is 19.1 Å². The molecule has 5 heteroatoms. The van der Waals surface area contributed by atoms with Crippen LogP contribution in [0.15, 0.2) is 48.5 Å². The van der Waals surface area contributed by atoms with Crippen LogP contribution >= 0.6 is 0 Å². The van der Waals surface area contributed by atoms with Crippen LogP contribution in [-0.4, -0.2) is 55.1 Å². The summed E-state index contributed by atoms with van der Waals surface area (Å²) in [7, 11) is 0. The molecule has 0 N–H and O–H groups in total. The molecule has 0 aliphatic carbocycles. The highest BCUT2D eigenvalue weighted by molar-refractivity contribution is 5.79. The van der Waals surface area contributed by atoms with Crippen LogP contribution in [0.1, 0.15) is 30.5 Å². The number of amides is 1. The molecule has 1 unspecified atom stereocenters. The third-order valence-corrected chi connectivity index (χ3v) is 5.62. The van der Waals surface area contributed by atoms with Crippen molar-refractivity contribution in [1.82, 2.24) is 9.80 Å². The number of hydrogen-bond acceptors (Lipinski definition) is 4. The van der Waals surface area contributed by atoms with Gasteiger partial charge in [0.05, 0.1) is 19.6 Å². The summed E-state index contributed by atoms with van der Waals surface area (Å²) in [5.41, 5.74) is 2.32. The number of nitrogens with zero attached hydrogens (tertiary/aromatic N) is 2. The second kappa shape index (κ2) is 8.65. The molecule has 1 fully saturated rings. The predicted octanol–water partition coefficient (Wildman–Crippen LogP) is 3.30. The van der Waals surface area contributed by atoms with Crippen molar-refractivity contribution in [2.75, 3.05) is 39.4 Å². The van der Waals surface area contributed by atoms with Gasteiger partial charge in [0, 0.05) is 44.2 Å². The monoisotopic (exact) mass is 380 g/mol. The number of rotatable bonds is 5. The zero-order valence-electron chi connectivity index (χ0n) is 16.5. The lowest BCUT2D eigenvalue weighted by Gasteiger charge is -2.41. The van der Waals surface area contributed by atoms with Crippen LogP contribution < -0.4 is 9.47 Å². The largest absolute Gasteiger partial charge is 0.494 e. The second-order valence-corrected chi connectivity index (χ2v) is 7.36. The number of fused-ring (bicyclic) bond motifs is 1. The number of piperazine rings is 1. The highest BCUT2D eigenvalue weighted by Gasteiger charge is 2.30. The Morgan fingerprint density at radius 3 is 2.57 bits per heavy atom. The molecule has 28 heavy (non-hydrogen) atoms. The van der Waals surface area contributed by atoms with Crippen molar-refractivity contribution in [2.24, 2.45) is 0 Å². The maximum absolute atomic E-state index is 12.7. The lowest BCUT2D eigenvalue weighted by molar-refractivity contribution is -0.132. The molecule has 0 radical (unpaired) electrons. The smallest absolute Gasteiger partial charge is 0.227 e. The Labute approximate surface area is 166 Å². The lowest BCUT2D eigenvalue weighted by atomic mass is 9.98. The van der Waals surface area contributed by atoms with Crippen LogP contribution in [0, 0.1) is 0 Å². The maximum atomic E-state index is 12.7. The summed E-state index contributed by atoms with van der Waals surface area (Å²) >= 11 is 0. The first-order valence-corrected chi connectivity index (χ1v) is 10.2. The number of carbonyl (C=O) groups is 1. The standard InChI is InChI=1S/C23H28N2O3/c1-2-27-19-9-7-18(8-10-19)17-23(26)25-14-12-24(13-15-25)21-11-16-28-22-6-4-3-5-20(21)22/h3-10,21H,2,11-17H2,1H3. The van der Waals surface area contributed by atoms with E-state index >= 15 is 0 Å². The molecule has 2 heterocycles. The summed E-state index contributed by atoms with van der Waals surface area (Å²) in [6.07, 6.45) is 1.46. The molecular weight excluding hydrogens is 352 g/mol. The molecule has 0 spiro atoms. The van der Waals surface area contributed by atoms with Gasteiger partial charge in [-0.15, -0.1) is 0 Å². The molecule has 2 aliphatic rings. The number of para-hydroxylation sites is 1. The summed E-state index contributed by atoms with van der Waals surface area (Å²) in [5, 5.41) is 0. The van der Waals surface area contributed by atoms with E-state index in [2.05, 4.69) is 23.1 Å². The maximum Gasteiger partial charge on any atom is 0.227 e. The summed E-state index contributed by atoms with van der Waals surface area (Å²) in [5.74, 6) is 2.06. The van der Waals surface area contributed by atoms with E-state index in [1.807, 2.05) is 42.2 Å². The molecule has 1 atom stereocenters. The van der Waals surface area contributed by atoms with E-state index in [9.17, 15) is 4.79 Å². The van der Waals surface area contributed by atoms with Gasteiger partial charge < -0.3 is 14.4 Å². The molecule has 2 aromatic rings. The third kappa shape index (κ3) is 4.14. The average molecular weight is 380 g/mol. The van der Waals surface area contributed by atoms with Crippen LogP contribution in [0.2, 0.25) is 0 Å². The summed E-state index contributed by atoms with van der Waals surface area (Å²) in [6, 6.07) is 16.6. The fourth-order valence-electron chi connectivity index (χ4n) is 4.14. The molecule has 2 aliphatic heterocycles. The van der Waals surface area contributed by atoms with Gasteiger partial charge >= 0.3 is 0 Å². The summed E-state index contributed by atoms with van der Waals surface area (Å²) in [6.45, 7) is 6.78. The van der Waals surface area contributed by atoms with Gasteiger partial charge in [0.2, 0.25) is 5.91 Å². The molecule has 0 saturated carbocycles. The van der Waals surface area contributed by atoms with Gasteiger partial charge in [0.25, 0.3) is 0 Å². The van der Waals surface area contributed by atoms with Crippen LogP contribution in [-0.2, 0) is 11.2 Å². The van der Waals surface area contributed by atoms with Crippen molar-refractivity contribution in [1.29, 1.82) is 0 Å². The van der Waals surface area contributed by atoms with Gasteiger partial charge in [0.15, 0.2) is 0 Å². The van der Waals surface area contributed by atoms with Crippen molar-refractivity contribution in [3.63, 3.8) is 0 Å². The van der Waals surface area contributed by atoms with Crippen molar-refractivity contribution in [3.8, 4) is 11.5 Å². The van der Waals surface area contributed by atoms with E-state index < -0.39 is 0 Å². The second-order valence-electron chi connectivity index (χ2n) is 7.36. The van der Waals surface area contributed by atoms with Crippen molar-refractivity contribution in [3.05, 3.63) is 59.7 Å². The topological polar surface area (TPSA) is 42.0 Å². The quantitative estimate of drug-likeness (QED) is 0.798. The highest BCUT2D eigenvalue weighted by atomic mass is 16.5. The molecular formula is C23H28N2O3. The third-order valence-electron chi connectivity index (χ3n) is 5.62. The predicted molar refractivity (Wildman–Crippen MR) is 109 cm³/mol. The lowest BCUT2D eigenvalue weighted by Crippen LogP contribution is -2.50. The highest BCUT2D eigenvalue weighted by Crippen LogP contribution is 2.36. The number of ether oxygens (including phenoxy) is 2. The van der Waals surface area contributed by atoms with Gasteiger partial charge in [-0.3, -0.25) is 9.69 Å². The molecule has 4 rings (SSSR count). The van der Waals surface area contributed by atoms with Crippen molar-refractivity contribution < 1.29 is 14.3 Å². The van der Waals surface area contributed by atoms with Crippen LogP contribution in [0.5, 0.6) is 11.5 Å². The van der Waals surface area contributed by atoms with Crippen LogP contribution in [0.25, 0.3) is 0 Å². The minimum absolute atomic E-state index is 0.205. The zero-order chi connectivity index (χ0) is 19.3. The van der Waals surface area contributed by atoms with E-state index in [-0.39, 0.29) is 5.91 Å². The van der Waals surface area contributed by atoms with Gasteiger partial charge in [-0.05, 0) is 30.7 Å². The van der Waals surface area contributed by atoms with E-state index in [4.69, 9.17) is 9.47 Å². The summed E-state index contributed by atoms with van der Waals surface area (Å²) in [4.78, 5) is 17.2. The Morgan fingerprint density at radius 2 is 1.82 bits per heavy atom. The Balaban J connectivity index is 1.32. The van der Waals surface area contributed by atoms with E-state index in [1.54, 1.807) is 0 Å². The van der Waals surface area contributed by atoms with Crippen LogP contribution in [0.4, 0.5) is 0 Å². The number of benzene rings is 2. The Kier molecular flexibility index (Phi) is 5.81. The Hall–Kier alpha value is -2.53. The van der Waals surface area contributed by atoms with Crippen molar-refractivity contribution >= 4 is 5.91 Å². The van der Waals surface area contributed by atoms with Gasteiger partial charge in [-0.25, -0.2) is 0 Å². The molecule has 148 valence electrons. The fraction of sp³-hybridized carbons (Fsp3) is 0.435. The molecule has 1 saturated heterocycles. The van der Waals surface area contributed by atoms with Crippen LogP contribution in [0.3, 0.4) is 0 Å². The zero-order valence-corrected chi connectivity index (χ0v) is 16.5. The van der Waals surface area contributed by atoms with E-state index in [1.165, 1.54) is 5.56 Å². The Bertz CT molecular complexity index is 798. The van der Waals surface area contributed by atoms with Gasteiger partial charge in [0.1, 0.15) is 11.5 Å². The first kappa shape index (κ1) is 18.8. The molecule has 0 bridgehead atoms. The first-order valence-electron chi connectivity index (χ1n) is 10.2. The molecule has 5 nitrogen and oxygen atoms in total. The average Bonchev–Trinajstić information content (AvgIpc) is 2.75. The summed E-state index contributed by atoms with van der Waals surface area (Å²) < 4.78 is 11.3. The number of carbonyl (C=O) groups excluding carboxylic acids is 1. The van der Waals surface area contributed by atoms with E-state index in [0.717, 1.165) is 56.3 Å². The first-order chi connectivity index (χ1) is 13.7. The molecule has 2 aromatic carbocycles. The van der Waals surface area contributed by atoms with Crippen molar-refractivity contribution in [2.45, 2.75) is 25.8 Å². The minimum Gasteiger partial charge on any atom is -0.494 e. The Morgan fingerprint density at radius 1 is 1.07 bits per heavy atom.